The number of hydrogen-bond donors (Lipinski definition) is 2. The fourth-order valence-corrected chi connectivity index (χ4v) is 1.72. The molecule has 1 aromatic rings. The molecule has 1 heterocycles. The van der Waals surface area contributed by atoms with Gasteiger partial charge in [-0.3, -0.25) is 14.6 Å². The van der Waals surface area contributed by atoms with Crippen molar-refractivity contribution in [1.29, 1.82) is 0 Å². The molecule has 2 amide bonds. The van der Waals surface area contributed by atoms with Gasteiger partial charge in [0.1, 0.15) is 0 Å². The Balaban J connectivity index is 2.64. The van der Waals surface area contributed by atoms with Crippen LogP contribution in [0.2, 0.25) is 0 Å². The molecule has 0 radical (unpaired) electrons. The summed E-state index contributed by atoms with van der Waals surface area (Å²) in [7, 11) is 1.57. The van der Waals surface area contributed by atoms with Crippen molar-refractivity contribution in [3.05, 3.63) is 28.5 Å². The molecule has 0 aliphatic rings. The maximum Gasteiger partial charge on any atom is 0.252 e. The monoisotopic (exact) mass is 313 g/mol. The number of nitrogens with one attached hydrogen (secondary N) is 2. The average Bonchev–Trinajstić information content (AvgIpc) is 2.35. The Bertz CT molecular complexity index is 460. The van der Waals surface area contributed by atoms with Gasteiger partial charge in [-0.1, -0.05) is 0 Å². The first-order valence-electron chi connectivity index (χ1n) is 5.48. The summed E-state index contributed by atoms with van der Waals surface area (Å²) in [5.41, 5.74) is -0.193. The van der Waals surface area contributed by atoms with Crippen LogP contribution in [-0.4, -0.2) is 30.4 Å². The van der Waals surface area contributed by atoms with Gasteiger partial charge in [0, 0.05) is 30.5 Å². The average molecular weight is 314 g/mol. The van der Waals surface area contributed by atoms with Gasteiger partial charge in [-0.2, -0.15) is 0 Å². The van der Waals surface area contributed by atoms with E-state index in [4.69, 9.17) is 0 Å². The maximum atomic E-state index is 11.9. The molecule has 0 unspecified atom stereocenters. The fraction of sp³-hybridized carbons (Fsp3) is 0.417. The van der Waals surface area contributed by atoms with Crippen molar-refractivity contribution in [2.75, 3.05) is 13.6 Å². The largest absolute Gasteiger partial charge is 0.359 e. The number of nitrogens with zero attached hydrogens (tertiary/aromatic N) is 1. The second-order valence-corrected chi connectivity index (χ2v) is 5.45. The van der Waals surface area contributed by atoms with E-state index in [1.807, 2.05) is 0 Å². The normalized spacial score (nSPS) is 10.9. The van der Waals surface area contributed by atoms with E-state index in [9.17, 15) is 9.59 Å². The summed E-state index contributed by atoms with van der Waals surface area (Å²) >= 11 is 3.25. The molecule has 98 valence electrons. The number of pyridine rings is 1. The number of amides is 2. The van der Waals surface area contributed by atoms with Gasteiger partial charge in [0.25, 0.3) is 5.91 Å². The van der Waals surface area contributed by atoms with E-state index in [2.05, 4.69) is 31.5 Å². The van der Waals surface area contributed by atoms with Gasteiger partial charge in [0.15, 0.2) is 0 Å². The van der Waals surface area contributed by atoms with Gasteiger partial charge >= 0.3 is 0 Å². The van der Waals surface area contributed by atoms with Crippen LogP contribution < -0.4 is 10.6 Å². The molecule has 0 aliphatic carbocycles. The number of carbonyl (C=O) groups is 2. The molecule has 0 bridgehead atoms. The van der Waals surface area contributed by atoms with E-state index in [0.717, 1.165) is 4.47 Å². The van der Waals surface area contributed by atoms with E-state index in [-0.39, 0.29) is 18.4 Å². The number of halogens is 1. The zero-order chi connectivity index (χ0) is 13.8. The Labute approximate surface area is 114 Å². The number of rotatable bonds is 4. The molecule has 0 saturated heterocycles. The van der Waals surface area contributed by atoms with E-state index >= 15 is 0 Å². The third-order valence-electron chi connectivity index (χ3n) is 2.50. The van der Waals surface area contributed by atoms with Crippen LogP contribution in [0, 0.1) is 5.41 Å². The lowest BCUT2D eigenvalue weighted by Gasteiger charge is -2.22. The summed E-state index contributed by atoms with van der Waals surface area (Å²) in [5, 5.41) is 5.29. The highest BCUT2D eigenvalue weighted by atomic mass is 79.9. The molecule has 2 N–H and O–H groups in total. The van der Waals surface area contributed by atoms with Crippen molar-refractivity contribution in [1.82, 2.24) is 15.6 Å². The Morgan fingerprint density at radius 2 is 2.06 bits per heavy atom. The zero-order valence-corrected chi connectivity index (χ0v) is 12.2. The van der Waals surface area contributed by atoms with Crippen molar-refractivity contribution in [2.45, 2.75) is 13.8 Å². The second-order valence-electron chi connectivity index (χ2n) is 4.54. The van der Waals surface area contributed by atoms with Crippen LogP contribution in [0.1, 0.15) is 24.2 Å². The summed E-state index contributed by atoms with van der Waals surface area (Å²) in [5.74, 6) is -0.365. The SMILES string of the molecule is CNC(=O)C(C)(C)CNC(=O)c1cncc(Br)c1. The minimum Gasteiger partial charge on any atom is -0.359 e. The first-order chi connectivity index (χ1) is 8.36. The van der Waals surface area contributed by atoms with Crippen molar-refractivity contribution < 1.29 is 9.59 Å². The molecule has 18 heavy (non-hydrogen) atoms. The van der Waals surface area contributed by atoms with Crippen LogP contribution >= 0.6 is 15.9 Å². The summed E-state index contributed by atoms with van der Waals surface area (Å²) in [6.07, 6.45) is 3.08. The molecule has 0 spiro atoms. The standard InChI is InChI=1S/C12H16BrN3O2/c1-12(2,11(18)14-3)7-16-10(17)8-4-9(13)6-15-5-8/h4-6H,7H2,1-3H3,(H,14,18)(H,16,17). The number of carbonyl (C=O) groups excluding carboxylic acids is 2. The molecule has 1 rings (SSSR count). The molecule has 0 atom stereocenters. The fourth-order valence-electron chi connectivity index (χ4n) is 1.36. The minimum atomic E-state index is -0.649. The van der Waals surface area contributed by atoms with Gasteiger partial charge in [0.05, 0.1) is 11.0 Å². The maximum absolute atomic E-state index is 11.9. The molecule has 0 aromatic carbocycles. The van der Waals surface area contributed by atoms with Crippen LogP contribution in [0.4, 0.5) is 0 Å². The van der Waals surface area contributed by atoms with Crippen molar-refractivity contribution in [3.63, 3.8) is 0 Å². The number of hydrogen-bond acceptors (Lipinski definition) is 3. The quantitative estimate of drug-likeness (QED) is 0.881. The van der Waals surface area contributed by atoms with E-state index in [0.29, 0.717) is 5.56 Å². The lowest BCUT2D eigenvalue weighted by atomic mass is 9.92. The summed E-state index contributed by atoms with van der Waals surface area (Å²) < 4.78 is 0.737. The second kappa shape index (κ2) is 5.95. The van der Waals surface area contributed by atoms with Crippen molar-refractivity contribution in [3.8, 4) is 0 Å². The highest BCUT2D eigenvalue weighted by Gasteiger charge is 2.27. The van der Waals surface area contributed by atoms with Crippen molar-refractivity contribution in [2.24, 2.45) is 5.41 Å². The Kier molecular flexibility index (Phi) is 4.84. The van der Waals surface area contributed by atoms with Gasteiger partial charge < -0.3 is 10.6 Å². The third kappa shape index (κ3) is 3.80. The molecular weight excluding hydrogens is 298 g/mol. The predicted molar refractivity (Wildman–Crippen MR) is 72.1 cm³/mol. The molecule has 0 fully saturated rings. The Morgan fingerprint density at radius 1 is 1.39 bits per heavy atom. The summed E-state index contributed by atoms with van der Waals surface area (Å²) in [6, 6.07) is 1.68. The van der Waals surface area contributed by atoms with Crippen LogP contribution in [0.15, 0.2) is 22.9 Å². The van der Waals surface area contributed by atoms with Crippen molar-refractivity contribution >= 4 is 27.7 Å². The Hall–Kier alpha value is -1.43. The van der Waals surface area contributed by atoms with Crippen LogP contribution in [0.5, 0.6) is 0 Å². The molecule has 6 heteroatoms. The van der Waals surface area contributed by atoms with Crippen LogP contribution in [-0.2, 0) is 4.79 Å². The lowest BCUT2D eigenvalue weighted by molar-refractivity contribution is -0.128. The summed E-state index contributed by atoms with van der Waals surface area (Å²) in [4.78, 5) is 27.3. The van der Waals surface area contributed by atoms with E-state index in [1.165, 1.54) is 6.20 Å². The first kappa shape index (κ1) is 14.6. The van der Waals surface area contributed by atoms with Crippen LogP contribution in [0.25, 0.3) is 0 Å². The lowest BCUT2D eigenvalue weighted by Crippen LogP contribution is -2.43. The van der Waals surface area contributed by atoms with Gasteiger partial charge in [-0.25, -0.2) is 0 Å². The number of aromatic nitrogens is 1. The zero-order valence-electron chi connectivity index (χ0n) is 10.6. The smallest absolute Gasteiger partial charge is 0.252 e. The van der Waals surface area contributed by atoms with E-state index < -0.39 is 5.41 Å². The van der Waals surface area contributed by atoms with Crippen LogP contribution in [0.3, 0.4) is 0 Å². The van der Waals surface area contributed by atoms with Gasteiger partial charge in [0.2, 0.25) is 5.91 Å². The highest BCUT2D eigenvalue weighted by Crippen LogP contribution is 2.14. The highest BCUT2D eigenvalue weighted by molar-refractivity contribution is 9.10. The predicted octanol–water partition coefficient (Wildman–Crippen LogP) is 1.35. The summed E-state index contributed by atoms with van der Waals surface area (Å²) in [6.45, 7) is 3.80. The Morgan fingerprint density at radius 3 is 2.61 bits per heavy atom. The third-order valence-corrected chi connectivity index (χ3v) is 2.93. The van der Waals surface area contributed by atoms with E-state index in [1.54, 1.807) is 33.2 Å². The van der Waals surface area contributed by atoms with Gasteiger partial charge in [-0.05, 0) is 35.8 Å². The molecule has 5 nitrogen and oxygen atoms in total. The minimum absolute atomic E-state index is 0.116. The molecule has 1 aromatic heterocycles. The molecular formula is C12H16BrN3O2. The first-order valence-corrected chi connectivity index (χ1v) is 6.27. The van der Waals surface area contributed by atoms with Gasteiger partial charge in [-0.15, -0.1) is 0 Å². The molecule has 0 saturated carbocycles. The topological polar surface area (TPSA) is 71.1 Å². The molecule has 0 aliphatic heterocycles.